The molecule has 1 heterocycles. The topological polar surface area (TPSA) is 26.3 Å². The van der Waals surface area contributed by atoms with Crippen LogP contribution in [0.1, 0.15) is 10.4 Å². The molecule has 0 aromatic heterocycles. The zero-order chi connectivity index (χ0) is 6.97. The lowest BCUT2D eigenvalue weighted by Crippen LogP contribution is -3.61. The molecule has 0 atom stereocenters. The molecule has 0 N–H and O–H groups in total. The highest BCUT2D eigenvalue weighted by Gasteiger charge is 2.36. The Labute approximate surface area is 69.0 Å². The minimum atomic E-state index is -0.467. The third kappa shape index (κ3) is 0.811. The molecule has 3 heteroatoms. The SMILES string of the molecule is O=C1O[I+]c2ccccc21. The minimum Gasteiger partial charge on any atom is -0.241 e. The van der Waals surface area contributed by atoms with E-state index in [0.29, 0.717) is 0 Å². The first-order chi connectivity index (χ1) is 4.88. The molecule has 1 aliphatic rings. The fraction of sp³-hybridized carbons (Fsp3) is 0. The molecule has 2 nitrogen and oxygen atoms in total. The van der Waals surface area contributed by atoms with Crippen LogP contribution in [0, 0.1) is 3.57 Å². The minimum absolute atomic E-state index is 0.150. The third-order valence-corrected chi connectivity index (χ3v) is 3.32. The van der Waals surface area contributed by atoms with Crippen LogP contribution in [0.15, 0.2) is 24.3 Å². The molecule has 0 bridgehead atoms. The van der Waals surface area contributed by atoms with Crippen LogP contribution in [0.5, 0.6) is 0 Å². The molecule has 0 fully saturated rings. The van der Waals surface area contributed by atoms with Gasteiger partial charge < -0.3 is 0 Å². The molecule has 0 radical (unpaired) electrons. The highest BCUT2D eigenvalue weighted by atomic mass is 127. The Balaban J connectivity index is 2.61. The lowest BCUT2D eigenvalue weighted by molar-refractivity contribution is -0.842. The van der Waals surface area contributed by atoms with Gasteiger partial charge in [0.2, 0.25) is 3.57 Å². The first-order valence-electron chi connectivity index (χ1n) is 2.83. The zero-order valence-electron chi connectivity index (χ0n) is 5.00. The predicted octanol–water partition coefficient (Wildman–Crippen LogP) is -1.97. The van der Waals surface area contributed by atoms with Crippen molar-refractivity contribution in [3.05, 3.63) is 33.4 Å². The van der Waals surface area contributed by atoms with Gasteiger partial charge in [-0.05, 0) is 12.1 Å². The van der Waals surface area contributed by atoms with Crippen molar-refractivity contribution in [1.82, 2.24) is 0 Å². The summed E-state index contributed by atoms with van der Waals surface area (Å²) < 4.78 is 6.00. The normalized spacial score (nSPS) is 14.6. The molecule has 1 aliphatic heterocycles. The maximum Gasteiger partial charge on any atom is 0.585 e. The number of fused-ring (bicyclic) bond motifs is 1. The number of halogens is 1. The Morgan fingerprint density at radius 3 is 2.90 bits per heavy atom. The van der Waals surface area contributed by atoms with Gasteiger partial charge in [-0.25, -0.2) is 7.86 Å². The molecular weight excluding hydrogens is 243 g/mol. The molecule has 0 spiro atoms. The Bertz CT molecular complexity index is 283. The smallest absolute Gasteiger partial charge is 0.241 e. The number of hydrogen-bond donors (Lipinski definition) is 0. The van der Waals surface area contributed by atoms with Crippen LogP contribution in [-0.2, 0) is 3.07 Å². The summed E-state index contributed by atoms with van der Waals surface area (Å²) in [4.78, 5) is 10.9. The van der Waals surface area contributed by atoms with E-state index in [2.05, 4.69) is 0 Å². The van der Waals surface area contributed by atoms with Crippen LogP contribution >= 0.6 is 0 Å². The van der Waals surface area contributed by atoms with E-state index in [1.165, 1.54) is 0 Å². The molecule has 0 saturated carbocycles. The second-order valence-corrected chi connectivity index (χ2v) is 3.96. The second-order valence-electron chi connectivity index (χ2n) is 1.92. The monoisotopic (exact) mass is 247 g/mol. The number of carbonyl (C=O) groups is 1. The fourth-order valence-corrected chi connectivity index (χ4v) is 2.48. The molecule has 50 valence electrons. The Morgan fingerprint density at radius 2 is 2.10 bits per heavy atom. The average molecular weight is 247 g/mol. The molecule has 10 heavy (non-hydrogen) atoms. The van der Waals surface area contributed by atoms with E-state index >= 15 is 0 Å². The van der Waals surface area contributed by atoms with Crippen molar-refractivity contribution in [2.75, 3.05) is 0 Å². The molecule has 0 saturated heterocycles. The van der Waals surface area contributed by atoms with Crippen LogP contribution in [0.25, 0.3) is 0 Å². The summed E-state index contributed by atoms with van der Waals surface area (Å²) in [7, 11) is 0. The van der Waals surface area contributed by atoms with E-state index in [1.807, 2.05) is 24.3 Å². The standard InChI is InChI=1S/C7H4IO2/c9-7-5-3-1-2-4-6(5)8-10-7/h1-4H/q+1. The van der Waals surface area contributed by atoms with Crippen molar-refractivity contribution in [3.63, 3.8) is 0 Å². The van der Waals surface area contributed by atoms with Crippen molar-refractivity contribution in [3.8, 4) is 0 Å². The summed E-state index contributed by atoms with van der Waals surface area (Å²) in [6.45, 7) is 0. The van der Waals surface area contributed by atoms with Crippen molar-refractivity contribution in [1.29, 1.82) is 0 Å². The second kappa shape index (κ2) is 2.23. The van der Waals surface area contributed by atoms with E-state index < -0.39 is 21.6 Å². The molecule has 1 aromatic rings. The summed E-state index contributed by atoms with van der Waals surface area (Å²) in [5, 5.41) is 0. The Hall–Kier alpha value is -0.580. The molecule has 0 aliphatic carbocycles. The van der Waals surface area contributed by atoms with Crippen LogP contribution in [0.3, 0.4) is 0 Å². The third-order valence-electron chi connectivity index (χ3n) is 1.29. The maximum absolute atomic E-state index is 10.9. The van der Waals surface area contributed by atoms with E-state index in [0.717, 1.165) is 9.13 Å². The van der Waals surface area contributed by atoms with Crippen molar-refractivity contribution >= 4 is 5.97 Å². The van der Waals surface area contributed by atoms with Crippen molar-refractivity contribution < 1.29 is 29.5 Å². The fourth-order valence-electron chi connectivity index (χ4n) is 0.812. The van der Waals surface area contributed by atoms with Gasteiger partial charge in [-0.3, -0.25) is 0 Å². The number of rotatable bonds is 0. The van der Waals surface area contributed by atoms with Crippen LogP contribution in [-0.4, -0.2) is 5.97 Å². The predicted molar refractivity (Wildman–Crippen MR) is 30.6 cm³/mol. The van der Waals surface area contributed by atoms with Crippen LogP contribution < -0.4 is 21.6 Å². The zero-order valence-corrected chi connectivity index (χ0v) is 7.16. The largest absolute Gasteiger partial charge is 0.585 e. The maximum atomic E-state index is 10.9. The van der Waals surface area contributed by atoms with Gasteiger partial charge in [-0.15, -0.1) is 0 Å². The summed E-state index contributed by atoms with van der Waals surface area (Å²) in [6, 6.07) is 7.55. The summed E-state index contributed by atoms with van der Waals surface area (Å²) in [5.41, 5.74) is 0.760. The van der Waals surface area contributed by atoms with Crippen LogP contribution in [0.4, 0.5) is 0 Å². The van der Waals surface area contributed by atoms with Crippen LogP contribution in [0.2, 0.25) is 0 Å². The molecule has 0 amide bonds. The lowest BCUT2D eigenvalue weighted by atomic mass is 10.2. The number of carbonyl (C=O) groups excluding carboxylic acids is 1. The molecule has 0 unspecified atom stereocenters. The van der Waals surface area contributed by atoms with Crippen molar-refractivity contribution in [2.24, 2.45) is 0 Å². The number of hydrogen-bond acceptors (Lipinski definition) is 2. The number of benzene rings is 1. The van der Waals surface area contributed by atoms with Gasteiger partial charge in [0.15, 0.2) is 0 Å². The summed E-state index contributed by atoms with van der Waals surface area (Å²) >= 11 is -0.467. The molecule has 1 aromatic carbocycles. The van der Waals surface area contributed by atoms with E-state index in [4.69, 9.17) is 3.07 Å². The summed E-state index contributed by atoms with van der Waals surface area (Å²) in [5.74, 6) is -0.150. The summed E-state index contributed by atoms with van der Waals surface area (Å²) in [6.07, 6.45) is 0. The van der Waals surface area contributed by atoms with Gasteiger partial charge in [0, 0.05) is 0 Å². The van der Waals surface area contributed by atoms with E-state index in [-0.39, 0.29) is 5.97 Å². The Morgan fingerprint density at radius 1 is 1.30 bits per heavy atom. The van der Waals surface area contributed by atoms with Gasteiger partial charge in [0.05, 0.1) is 0 Å². The first kappa shape index (κ1) is 6.15. The highest BCUT2D eigenvalue weighted by molar-refractivity contribution is 5.89. The Kier molecular flexibility index (Phi) is 1.37. The van der Waals surface area contributed by atoms with Gasteiger partial charge in [0.25, 0.3) is 0 Å². The molecular formula is C7H4IO2+. The lowest BCUT2D eigenvalue weighted by Gasteiger charge is -1.79. The first-order valence-corrected chi connectivity index (χ1v) is 4.79. The van der Waals surface area contributed by atoms with Gasteiger partial charge in [-0.2, -0.15) is 0 Å². The van der Waals surface area contributed by atoms with E-state index in [1.54, 1.807) is 0 Å². The quantitative estimate of drug-likeness (QED) is 0.497. The van der Waals surface area contributed by atoms with E-state index in [9.17, 15) is 4.79 Å². The van der Waals surface area contributed by atoms with Gasteiger partial charge in [0.1, 0.15) is 5.56 Å². The van der Waals surface area contributed by atoms with Gasteiger partial charge in [-0.1, -0.05) is 12.1 Å². The highest BCUT2D eigenvalue weighted by Crippen LogP contribution is 2.01. The van der Waals surface area contributed by atoms with Crippen molar-refractivity contribution in [2.45, 2.75) is 0 Å². The van der Waals surface area contributed by atoms with Gasteiger partial charge >= 0.3 is 27.6 Å². The molecule has 2 rings (SSSR count). The average Bonchev–Trinajstić information content (AvgIpc) is 2.34.